The van der Waals surface area contributed by atoms with Crippen LogP contribution in [0.4, 0.5) is 5.69 Å². The largest absolute Gasteiger partial charge is 0.379 e. The molecule has 0 N–H and O–H groups in total. The van der Waals surface area contributed by atoms with Crippen LogP contribution in [0.1, 0.15) is 12.0 Å². The standard InChI is InChI=1S/C23H28ClN3O4S/c24-21-3-1-2-4-22(21)25-11-13-26(14-12-25)23(28)10-7-19-5-8-20(9-6-19)32(29,30)27-15-17-31-18-16-27/h1-6,8-9H,7,10-18H2. The van der Waals surface area contributed by atoms with Gasteiger partial charge in [0.2, 0.25) is 15.9 Å². The highest BCUT2D eigenvalue weighted by Crippen LogP contribution is 2.26. The number of para-hydroxylation sites is 1. The molecule has 2 aliphatic rings. The van der Waals surface area contributed by atoms with Gasteiger partial charge in [-0.05, 0) is 36.2 Å². The fourth-order valence-corrected chi connectivity index (χ4v) is 5.74. The average Bonchev–Trinajstić information content (AvgIpc) is 2.84. The van der Waals surface area contributed by atoms with Gasteiger partial charge in [-0.25, -0.2) is 8.42 Å². The van der Waals surface area contributed by atoms with Crippen LogP contribution < -0.4 is 4.90 Å². The molecule has 9 heteroatoms. The van der Waals surface area contributed by atoms with E-state index in [-0.39, 0.29) is 10.8 Å². The highest BCUT2D eigenvalue weighted by Gasteiger charge is 2.26. The highest BCUT2D eigenvalue weighted by molar-refractivity contribution is 7.89. The molecule has 0 radical (unpaired) electrons. The lowest BCUT2D eigenvalue weighted by atomic mass is 10.1. The predicted octanol–water partition coefficient (Wildman–Crippen LogP) is 2.64. The summed E-state index contributed by atoms with van der Waals surface area (Å²) in [5.41, 5.74) is 1.96. The molecule has 2 aliphatic heterocycles. The van der Waals surface area contributed by atoms with E-state index in [9.17, 15) is 13.2 Å². The number of benzene rings is 2. The number of anilines is 1. The van der Waals surface area contributed by atoms with Crippen molar-refractivity contribution in [3.63, 3.8) is 0 Å². The lowest BCUT2D eigenvalue weighted by Crippen LogP contribution is -2.48. The number of nitrogens with zero attached hydrogens (tertiary/aromatic N) is 3. The Morgan fingerprint density at radius 1 is 0.906 bits per heavy atom. The third-order valence-corrected chi connectivity index (χ3v) is 8.22. The molecule has 0 unspecified atom stereocenters. The number of aryl methyl sites for hydroxylation is 1. The monoisotopic (exact) mass is 477 g/mol. The summed E-state index contributed by atoms with van der Waals surface area (Å²) in [6, 6.07) is 14.6. The van der Waals surface area contributed by atoms with Crippen LogP contribution >= 0.6 is 11.6 Å². The summed E-state index contributed by atoms with van der Waals surface area (Å²) in [7, 11) is -3.49. The number of carbonyl (C=O) groups is 1. The Balaban J connectivity index is 1.28. The first-order valence-corrected chi connectivity index (χ1v) is 12.7. The molecule has 2 saturated heterocycles. The number of amides is 1. The minimum absolute atomic E-state index is 0.119. The number of morpholine rings is 1. The van der Waals surface area contributed by atoms with Gasteiger partial charge in [0.15, 0.2) is 0 Å². The summed E-state index contributed by atoms with van der Waals surface area (Å²) in [6.07, 6.45) is 0.989. The quantitative estimate of drug-likeness (QED) is 0.639. The van der Waals surface area contributed by atoms with Crippen molar-refractivity contribution in [3.8, 4) is 0 Å². The Morgan fingerprint density at radius 2 is 1.56 bits per heavy atom. The molecule has 2 aromatic rings. The zero-order valence-electron chi connectivity index (χ0n) is 18.0. The first-order valence-electron chi connectivity index (χ1n) is 10.9. The molecule has 2 aromatic carbocycles. The zero-order valence-corrected chi connectivity index (χ0v) is 19.5. The van der Waals surface area contributed by atoms with Gasteiger partial charge in [-0.1, -0.05) is 35.9 Å². The van der Waals surface area contributed by atoms with Gasteiger partial charge in [-0.2, -0.15) is 4.31 Å². The Labute approximate surface area is 194 Å². The second kappa shape index (κ2) is 10.2. The lowest BCUT2D eigenvalue weighted by Gasteiger charge is -2.36. The number of piperazine rings is 1. The summed E-state index contributed by atoms with van der Waals surface area (Å²) in [5.74, 6) is 0.119. The van der Waals surface area contributed by atoms with Crippen molar-refractivity contribution < 1.29 is 17.9 Å². The molecule has 0 aromatic heterocycles. The van der Waals surface area contributed by atoms with E-state index in [1.54, 1.807) is 24.3 Å². The van der Waals surface area contributed by atoms with Crippen molar-refractivity contribution in [1.29, 1.82) is 0 Å². The van der Waals surface area contributed by atoms with Gasteiger partial charge in [0.1, 0.15) is 0 Å². The number of ether oxygens (including phenoxy) is 1. The van der Waals surface area contributed by atoms with Gasteiger partial charge in [0.25, 0.3) is 0 Å². The molecule has 172 valence electrons. The van der Waals surface area contributed by atoms with Crippen molar-refractivity contribution in [2.24, 2.45) is 0 Å². The molecule has 0 atom stereocenters. The minimum Gasteiger partial charge on any atom is -0.379 e. The van der Waals surface area contributed by atoms with Crippen molar-refractivity contribution in [1.82, 2.24) is 9.21 Å². The molecular formula is C23H28ClN3O4S. The average molecular weight is 478 g/mol. The molecule has 1 amide bonds. The zero-order chi connectivity index (χ0) is 22.6. The van der Waals surface area contributed by atoms with Crippen LogP contribution in [0.5, 0.6) is 0 Å². The van der Waals surface area contributed by atoms with Gasteiger partial charge >= 0.3 is 0 Å². The third-order valence-electron chi connectivity index (χ3n) is 5.98. The van der Waals surface area contributed by atoms with Crippen LogP contribution in [-0.2, 0) is 26.0 Å². The molecular weight excluding hydrogens is 450 g/mol. The number of hydrogen-bond donors (Lipinski definition) is 0. The number of sulfonamides is 1. The normalized spacial score (nSPS) is 18.0. The summed E-state index contributed by atoms with van der Waals surface area (Å²) < 4.78 is 32.1. The van der Waals surface area contributed by atoms with Gasteiger partial charge in [0.05, 0.1) is 28.8 Å². The SMILES string of the molecule is O=C(CCc1ccc(S(=O)(=O)N2CCOCC2)cc1)N1CCN(c2ccccc2Cl)CC1. The Kier molecular flexibility index (Phi) is 7.35. The van der Waals surface area contributed by atoms with Gasteiger partial charge in [0, 0.05) is 45.7 Å². The van der Waals surface area contributed by atoms with Crippen molar-refractivity contribution in [2.75, 3.05) is 57.4 Å². The molecule has 7 nitrogen and oxygen atoms in total. The van der Waals surface area contributed by atoms with Crippen LogP contribution in [0.15, 0.2) is 53.4 Å². The summed E-state index contributed by atoms with van der Waals surface area (Å²) in [6.45, 7) is 4.44. The second-order valence-corrected chi connectivity index (χ2v) is 10.3. The fraction of sp³-hybridized carbons (Fsp3) is 0.435. The number of halogens is 1. The first-order chi connectivity index (χ1) is 15.4. The first kappa shape index (κ1) is 23.0. The Bertz CT molecular complexity index is 1030. The summed E-state index contributed by atoms with van der Waals surface area (Å²) in [4.78, 5) is 17.1. The Hall–Kier alpha value is -2.13. The topological polar surface area (TPSA) is 70.2 Å². The maximum absolute atomic E-state index is 12.7. The second-order valence-electron chi connectivity index (χ2n) is 7.98. The van der Waals surface area contributed by atoms with Crippen LogP contribution in [0.25, 0.3) is 0 Å². The van der Waals surface area contributed by atoms with E-state index in [0.717, 1.165) is 29.4 Å². The predicted molar refractivity (Wildman–Crippen MR) is 125 cm³/mol. The molecule has 4 rings (SSSR count). The third kappa shape index (κ3) is 5.26. The maximum Gasteiger partial charge on any atom is 0.243 e. The summed E-state index contributed by atoms with van der Waals surface area (Å²) >= 11 is 6.29. The van der Waals surface area contributed by atoms with Crippen molar-refractivity contribution in [3.05, 3.63) is 59.1 Å². The number of hydrogen-bond acceptors (Lipinski definition) is 5. The van der Waals surface area contributed by atoms with Crippen LogP contribution in [-0.4, -0.2) is 76.0 Å². The lowest BCUT2D eigenvalue weighted by molar-refractivity contribution is -0.131. The van der Waals surface area contributed by atoms with Gasteiger partial charge in [-0.15, -0.1) is 0 Å². The van der Waals surface area contributed by atoms with Crippen LogP contribution in [0.3, 0.4) is 0 Å². The molecule has 32 heavy (non-hydrogen) atoms. The molecule has 0 bridgehead atoms. The maximum atomic E-state index is 12.7. The van der Waals surface area contributed by atoms with E-state index in [0.29, 0.717) is 52.2 Å². The van der Waals surface area contributed by atoms with Crippen molar-refractivity contribution in [2.45, 2.75) is 17.7 Å². The molecule has 0 spiro atoms. The van der Waals surface area contributed by atoms with E-state index >= 15 is 0 Å². The minimum atomic E-state index is -3.49. The summed E-state index contributed by atoms with van der Waals surface area (Å²) in [5, 5.41) is 0.728. The molecule has 2 heterocycles. The smallest absolute Gasteiger partial charge is 0.243 e. The van der Waals surface area contributed by atoms with Gasteiger partial charge < -0.3 is 14.5 Å². The van der Waals surface area contributed by atoms with E-state index < -0.39 is 10.0 Å². The van der Waals surface area contributed by atoms with E-state index in [1.165, 1.54) is 4.31 Å². The highest BCUT2D eigenvalue weighted by atomic mass is 35.5. The molecule has 0 aliphatic carbocycles. The van der Waals surface area contributed by atoms with E-state index in [4.69, 9.17) is 16.3 Å². The van der Waals surface area contributed by atoms with Crippen molar-refractivity contribution >= 4 is 33.2 Å². The number of rotatable bonds is 6. The van der Waals surface area contributed by atoms with E-state index in [2.05, 4.69) is 4.90 Å². The number of carbonyl (C=O) groups excluding carboxylic acids is 1. The van der Waals surface area contributed by atoms with E-state index in [1.807, 2.05) is 29.2 Å². The molecule has 2 fully saturated rings. The van der Waals surface area contributed by atoms with Crippen LogP contribution in [0, 0.1) is 0 Å². The Morgan fingerprint density at radius 3 is 2.22 bits per heavy atom. The molecule has 0 saturated carbocycles. The van der Waals surface area contributed by atoms with Gasteiger partial charge in [-0.3, -0.25) is 4.79 Å². The fourth-order valence-electron chi connectivity index (χ4n) is 4.08. The van der Waals surface area contributed by atoms with Crippen LogP contribution in [0.2, 0.25) is 5.02 Å².